The van der Waals surface area contributed by atoms with Crippen LogP contribution in [0, 0.1) is 11.3 Å². The summed E-state index contributed by atoms with van der Waals surface area (Å²) < 4.78 is 5.27. The van der Waals surface area contributed by atoms with Crippen LogP contribution in [0.1, 0.15) is 32.3 Å². The number of nitriles is 1. The summed E-state index contributed by atoms with van der Waals surface area (Å²) in [5.74, 6) is 0.709. The lowest BCUT2D eigenvalue weighted by molar-refractivity contribution is 0.214. The van der Waals surface area contributed by atoms with E-state index in [2.05, 4.69) is 19.2 Å². The molecule has 1 rings (SSSR count). The number of ether oxygens (including phenoxy) is 1. The van der Waals surface area contributed by atoms with Crippen LogP contribution in [0.4, 0.5) is 0 Å². The quantitative estimate of drug-likeness (QED) is 0.754. The normalized spacial score (nSPS) is 13.6. The second-order valence-electron chi connectivity index (χ2n) is 4.84. The third-order valence-electron chi connectivity index (χ3n) is 3.37. The molecule has 0 heterocycles. The van der Waals surface area contributed by atoms with Gasteiger partial charge in [-0.25, -0.2) is 0 Å². The van der Waals surface area contributed by atoms with Gasteiger partial charge in [-0.2, -0.15) is 5.26 Å². The van der Waals surface area contributed by atoms with E-state index in [4.69, 9.17) is 15.1 Å². The molecule has 0 fully saturated rings. The maximum atomic E-state index is 9.08. The van der Waals surface area contributed by atoms with Gasteiger partial charge in [0.1, 0.15) is 11.8 Å². The number of aliphatic hydroxyl groups excluding tert-OH is 1. The smallest absolute Gasteiger partial charge is 0.174 e. The number of nitrogens with zero attached hydrogens (tertiary/aromatic N) is 1. The van der Waals surface area contributed by atoms with E-state index in [9.17, 15) is 0 Å². The highest BCUT2D eigenvalue weighted by Gasteiger charge is 2.20. The molecule has 0 spiro atoms. The van der Waals surface area contributed by atoms with Crippen LogP contribution in [-0.4, -0.2) is 23.9 Å². The average Bonchev–Trinajstić information content (AvgIpc) is 2.44. The molecule has 0 aromatic heterocycles. The fourth-order valence-corrected chi connectivity index (χ4v) is 1.81. The highest BCUT2D eigenvalue weighted by Crippen LogP contribution is 2.17. The lowest BCUT2D eigenvalue weighted by atomic mass is 9.94. The standard InChI is InChI=1S/C15H22N2O2/c1-3-15(2,7-9-18)17-12-13-5-4-6-14(11-13)19-10-8-16/h4-6,11,17-18H,3,7,9-10,12H2,1-2H3. The fourth-order valence-electron chi connectivity index (χ4n) is 1.81. The Hall–Kier alpha value is -1.57. The van der Waals surface area contributed by atoms with Gasteiger partial charge in [0.25, 0.3) is 0 Å². The van der Waals surface area contributed by atoms with E-state index in [-0.39, 0.29) is 18.8 Å². The third kappa shape index (κ3) is 5.29. The van der Waals surface area contributed by atoms with Gasteiger partial charge in [0, 0.05) is 18.7 Å². The fraction of sp³-hybridized carbons (Fsp3) is 0.533. The largest absolute Gasteiger partial charge is 0.479 e. The second kappa shape index (κ2) is 7.78. The Kier molecular flexibility index (Phi) is 6.34. The molecule has 1 atom stereocenters. The first-order chi connectivity index (χ1) is 9.13. The van der Waals surface area contributed by atoms with Gasteiger partial charge in [-0.15, -0.1) is 0 Å². The second-order valence-corrected chi connectivity index (χ2v) is 4.84. The molecular weight excluding hydrogens is 240 g/mol. The van der Waals surface area contributed by atoms with E-state index >= 15 is 0 Å². The zero-order valence-corrected chi connectivity index (χ0v) is 11.6. The van der Waals surface area contributed by atoms with Gasteiger partial charge in [0.2, 0.25) is 0 Å². The molecule has 0 saturated carbocycles. The van der Waals surface area contributed by atoms with Gasteiger partial charge in [-0.3, -0.25) is 0 Å². The van der Waals surface area contributed by atoms with E-state index in [1.807, 2.05) is 30.3 Å². The van der Waals surface area contributed by atoms with Gasteiger partial charge in [-0.1, -0.05) is 19.1 Å². The first-order valence-electron chi connectivity index (χ1n) is 6.58. The van der Waals surface area contributed by atoms with E-state index in [0.29, 0.717) is 12.3 Å². The van der Waals surface area contributed by atoms with Crippen LogP contribution in [-0.2, 0) is 6.54 Å². The summed E-state index contributed by atoms with van der Waals surface area (Å²) in [6.07, 6.45) is 1.69. The van der Waals surface area contributed by atoms with Gasteiger partial charge in [0.15, 0.2) is 6.61 Å². The predicted octanol–water partition coefficient (Wildman–Crippen LogP) is 2.23. The molecule has 2 N–H and O–H groups in total. The van der Waals surface area contributed by atoms with E-state index in [1.165, 1.54) is 0 Å². The maximum Gasteiger partial charge on any atom is 0.174 e. The number of benzene rings is 1. The number of rotatable bonds is 8. The van der Waals surface area contributed by atoms with Crippen molar-refractivity contribution in [3.8, 4) is 11.8 Å². The molecule has 0 radical (unpaired) electrons. The SMILES string of the molecule is CCC(C)(CCO)NCc1cccc(OCC#N)c1. The third-order valence-corrected chi connectivity index (χ3v) is 3.37. The number of hydrogen-bond donors (Lipinski definition) is 2. The van der Waals surface area contributed by atoms with Gasteiger partial charge in [0.05, 0.1) is 0 Å². The summed E-state index contributed by atoms with van der Waals surface area (Å²) in [6.45, 7) is 5.18. The van der Waals surface area contributed by atoms with Crippen molar-refractivity contribution >= 4 is 0 Å². The molecule has 0 bridgehead atoms. The number of nitrogens with one attached hydrogen (secondary N) is 1. The van der Waals surface area contributed by atoms with Crippen molar-refractivity contribution in [1.29, 1.82) is 5.26 Å². The van der Waals surface area contributed by atoms with E-state index < -0.39 is 0 Å². The van der Waals surface area contributed by atoms with Gasteiger partial charge < -0.3 is 15.2 Å². The van der Waals surface area contributed by atoms with Crippen LogP contribution in [0.2, 0.25) is 0 Å². The van der Waals surface area contributed by atoms with Crippen molar-refractivity contribution in [3.05, 3.63) is 29.8 Å². The molecule has 4 nitrogen and oxygen atoms in total. The van der Waals surface area contributed by atoms with Crippen molar-refractivity contribution in [1.82, 2.24) is 5.32 Å². The summed E-state index contributed by atoms with van der Waals surface area (Å²) >= 11 is 0. The highest BCUT2D eigenvalue weighted by molar-refractivity contribution is 5.28. The molecular formula is C15H22N2O2. The van der Waals surface area contributed by atoms with Crippen LogP contribution in [0.5, 0.6) is 5.75 Å². The lowest BCUT2D eigenvalue weighted by Crippen LogP contribution is -2.42. The van der Waals surface area contributed by atoms with E-state index in [0.717, 1.165) is 18.4 Å². The van der Waals surface area contributed by atoms with Crippen LogP contribution in [0.25, 0.3) is 0 Å². The Morgan fingerprint density at radius 2 is 2.26 bits per heavy atom. The van der Waals surface area contributed by atoms with Crippen molar-refractivity contribution in [2.24, 2.45) is 0 Å². The molecule has 1 unspecified atom stereocenters. The average molecular weight is 262 g/mol. The van der Waals surface area contributed by atoms with Crippen LogP contribution >= 0.6 is 0 Å². The summed E-state index contributed by atoms with van der Waals surface area (Å²) in [7, 11) is 0. The Labute approximate surface area is 115 Å². The number of aliphatic hydroxyl groups is 1. The molecule has 0 aliphatic carbocycles. The van der Waals surface area contributed by atoms with Crippen molar-refractivity contribution in [2.45, 2.75) is 38.8 Å². The molecule has 0 saturated heterocycles. The molecule has 1 aromatic carbocycles. The topological polar surface area (TPSA) is 65.3 Å². The molecule has 4 heteroatoms. The molecule has 0 aliphatic heterocycles. The minimum Gasteiger partial charge on any atom is -0.479 e. The van der Waals surface area contributed by atoms with E-state index in [1.54, 1.807) is 0 Å². The van der Waals surface area contributed by atoms with Crippen LogP contribution < -0.4 is 10.1 Å². The summed E-state index contributed by atoms with van der Waals surface area (Å²) in [5, 5.41) is 21.0. The first kappa shape index (κ1) is 15.5. The number of hydrogen-bond acceptors (Lipinski definition) is 4. The van der Waals surface area contributed by atoms with Crippen LogP contribution in [0.15, 0.2) is 24.3 Å². The molecule has 1 aromatic rings. The minimum absolute atomic E-state index is 0.0573. The monoisotopic (exact) mass is 262 g/mol. The Balaban J connectivity index is 2.59. The van der Waals surface area contributed by atoms with Gasteiger partial charge >= 0.3 is 0 Å². The van der Waals surface area contributed by atoms with Gasteiger partial charge in [-0.05, 0) is 37.5 Å². The minimum atomic E-state index is -0.0573. The molecule has 0 aliphatic rings. The Bertz CT molecular complexity index is 428. The highest BCUT2D eigenvalue weighted by atomic mass is 16.5. The van der Waals surface area contributed by atoms with Crippen molar-refractivity contribution in [2.75, 3.05) is 13.2 Å². The van der Waals surface area contributed by atoms with Crippen molar-refractivity contribution in [3.63, 3.8) is 0 Å². The Morgan fingerprint density at radius 1 is 1.47 bits per heavy atom. The van der Waals surface area contributed by atoms with Crippen LogP contribution in [0.3, 0.4) is 0 Å². The summed E-state index contributed by atoms with van der Waals surface area (Å²) in [4.78, 5) is 0. The summed E-state index contributed by atoms with van der Waals surface area (Å²) in [6, 6.07) is 9.65. The predicted molar refractivity (Wildman–Crippen MR) is 74.8 cm³/mol. The molecule has 19 heavy (non-hydrogen) atoms. The maximum absolute atomic E-state index is 9.08. The zero-order chi connectivity index (χ0) is 14.1. The lowest BCUT2D eigenvalue weighted by Gasteiger charge is -2.29. The Morgan fingerprint density at radius 3 is 2.89 bits per heavy atom. The summed E-state index contributed by atoms with van der Waals surface area (Å²) in [5.41, 5.74) is 1.05. The van der Waals surface area contributed by atoms with Crippen molar-refractivity contribution < 1.29 is 9.84 Å². The molecule has 0 amide bonds. The molecule has 104 valence electrons. The zero-order valence-electron chi connectivity index (χ0n) is 11.6. The first-order valence-corrected chi connectivity index (χ1v) is 6.58.